The van der Waals surface area contributed by atoms with Crippen molar-refractivity contribution in [1.82, 2.24) is 20.1 Å². The summed E-state index contributed by atoms with van der Waals surface area (Å²) in [7, 11) is 1.51. The number of thioether (sulfide) groups is 1. The highest BCUT2D eigenvalue weighted by atomic mass is 32.2. The first-order valence-electron chi connectivity index (χ1n) is 10.9. The molecule has 196 valence electrons. The van der Waals surface area contributed by atoms with Crippen LogP contribution in [0.25, 0.3) is 0 Å². The fourth-order valence-corrected chi connectivity index (χ4v) is 4.00. The van der Waals surface area contributed by atoms with E-state index in [0.29, 0.717) is 16.5 Å². The number of anilines is 1. The Morgan fingerprint density at radius 3 is 2.57 bits per heavy atom. The van der Waals surface area contributed by atoms with Gasteiger partial charge in [0.05, 0.1) is 25.0 Å². The summed E-state index contributed by atoms with van der Waals surface area (Å²) < 4.78 is 45.4. The van der Waals surface area contributed by atoms with Gasteiger partial charge in [-0.25, -0.2) is 0 Å². The first-order valence-corrected chi connectivity index (χ1v) is 11.8. The number of hydrogen-bond donors (Lipinski definition) is 3. The van der Waals surface area contributed by atoms with Crippen LogP contribution in [0.4, 0.5) is 18.9 Å². The van der Waals surface area contributed by atoms with Crippen molar-refractivity contribution in [3.63, 3.8) is 0 Å². The maximum absolute atomic E-state index is 12.9. The van der Waals surface area contributed by atoms with Crippen LogP contribution >= 0.6 is 11.8 Å². The number of ether oxygens (including phenoxy) is 1. The van der Waals surface area contributed by atoms with E-state index in [0.717, 1.165) is 23.9 Å². The van der Waals surface area contributed by atoms with E-state index in [2.05, 4.69) is 27.4 Å². The summed E-state index contributed by atoms with van der Waals surface area (Å²) in [6.45, 7) is 3.43. The van der Waals surface area contributed by atoms with Gasteiger partial charge in [-0.15, -0.1) is 16.8 Å². The van der Waals surface area contributed by atoms with Gasteiger partial charge in [-0.1, -0.05) is 23.9 Å². The predicted molar refractivity (Wildman–Crippen MR) is 131 cm³/mol. The van der Waals surface area contributed by atoms with Gasteiger partial charge in [-0.2, -0.15) is 13.2 Å². The summed E-state index contributed by atoms with van der Waals surface area (Å²) in [5, 5.41) is 23.5. The Morgan fingerprint density at radius 2 is 1.95 bits per heavy atom. The van der Waals surface area contributed by atoms with Crippen molar-refractivity contribution in [3.8, 4) is 5.75 Å². The fraction of sp³-hybridized carbons (Fsp3) is 0.250. The van der Waals surface area contributed by atoms with Crippen molar-refractivity contribution in [2.45, 2.75) is 23.9 Å². The molecule has 0 bridgehead atoms. The number of benzene rings is 2. The van der Waals surface area contributed by atoms with Crippen molar-refractivity contribution in [2.24, 2.45) is 0 Å². The van der Waals surface area contributed by atoms with Crippen LogP contribution in [0, 0.1) is 0 Å². The summed E-state index contributed by atoms with van der Waals surface area (Å²) in [6, 6.07) is 9.80. The summed E-state index contributed by atoms with van der Waals surface area (Å²) in [4.78, 5) is 25.0. The van der Waals surface area contributed by atoms with E-state index >= 15 is 0 Å². The third-order valence-corrected chi connectivity index (χ3v) is 5.98. The van der Waals surface area contributed by atoms with Crippen molar-refractivity contribution < 1.29 is 32.6 Å². The number of halogens is 3. The van der Waals surface area contributed by atoms with E-state index in [4.69, 9.17) is 4.74 Å². The zero-order valence-corrected chi connectivity index (χ0v) is 20.5. The van der Waals surface area contributed by atoms with Crippen molar-refractivity contribution in [2.75, 3.05) is 24.8 Å². The highest BCUT2D eigenvalue weighted by molar-refractivity contribution is 7.99. The summed E-state index contributed by atoms with van der Waals surface area (Å²) in [5.41, 5.74) is -0.523. The lowest BCUT2D eigenvalue weighted by Crippen LogP contribution is -2.33. The molecule has 0 aliphatic heterocycles. The number of aliphatic hydroxyl groups is 1. The molecule has 1 unspecified atom stereocenters. The van der Waals surface area contributed by atoms with E-state index in [1.54, 1.807) is 34.9 Å². The zero-order valence-electron chi connectivity index (χ0n) is 19.7. The van der Waals surface area contributed by atoms with Crippen LogP contribution in [-0.2, 0) is 17.5 Å². The Kier molecular flexibility index (Phi) is 9.31. The van der Waals surface area contributed by atoms with Crippen LogP contribution in [0.15, 0.2) is 66.3 Å². The lowest BCUT2D eigenvalue weighted by molar-refractivity contribution is -0.137. The largest absolute Gasteiger partial charge is 0.497 e. The lowest BCUT2D eigenvalue weighted by atomic mass is 10.2. The third kappa shape index (κ3) is 7.33. The number of amides is 2. The second kappa shape index (κ2) is 12.4. The summed E-state index contributed by atoms with van der Waals surface area (Å²) in [5.74, 6) is -0.354. The molecule has 0 aliphatic carbocycles. The first kappa shape index (κ1) is 27.7. The molecule has 2 amide bonds. The predicted octanol–water partition coefficient (Wildman–Crippen LogP) is 3.69. The van der Waals surface area contributed by atoms with Gasteiger partial charge in [0.2, 0.25) is 5.91 Å². The Labute approximate surface area is 214 Å². The molecule has 0 spiro atoms. The highest BCUT2D eigenvalue weighted by Crippen LogP contribution is 2.30. The Hall–Kier alpha value is -3.84. The van der Waals surface area contributed by atoms with Crippen LogP contribution in [-0.4, -0.2) is 51.2 Å². The second-order valence-electron chi connectivity index (χ2n) is 7.59. The fourth-order valence-electron chi connectivity index (χ4n) is 3.24. The summed E-state index contributed by atoms with van der Waals surface area (Å²) in [6.07, 6.45) is -2.97. The number of allylic oxidation sites excluding steroid dienone is 1. The number of aliphatic hydroxyl groups excluding tert-OH is 1. The third-order valence-electron chi connectivity index (χ3n) is 5.01. The molecule has 0 radical (unpaired) electrons. The van der Waals surface area contributed by atoms with Crippen LogP contribution in [0.1, 0.15) is 27.8 Å². The van der Waals surface area contributed by atoms with Gasteiger partial charge in [0.25, 0.3) is 5.91 Å². The number of aromatic nitrogens is 3. The number of methoxy groups -OCH3 is 1. The Balaban J connectivity index is 1.69. The van der Waals surface area contributed by atoms with Crippen LogP contribution in [0.2, 0.25) is 0 Å². The molecule has 1 aromatic heterocycles. The number of carbonyl (C=O) groups excluding carboxylic acids is 2. The number of alkyl halides is 3. The summed E-state index contributed by atoms with van der Waals surface area (Å²) >= 11 is 0.991. The van der Waals surface area contributed by atoms with Gasteiger partial charge in [0, 0.05) is 17.8 Å². The van der Waals surface area contributed by atoms with Crippen molar-refractivity contribution in [3.05, 3.63) is 78.1 Å². The number of hydrogen-bond acceptors (Lipinski definition) is 7. The first-order chi connectivity index (χ1) is 17.7. The quantitative estimate of drug-likeness (QED) is 0.253. The minimum atomic E-state index is -4.53. The van der Waals surface area contributed by atoms with E-state index in [1.165, 1.54) is 19.2 Å². The maximum atomic E-state index is 12.9. The smallest absolute Gasteiger partial charge is 0.416 e. The monoisotopic (exact) mass is 535 g/mol. The van der Waals surface area contributed by atoms with E-state index < -0.39 is 36.2 Å². The average molecular weight is 536 g/mol. The molecular weight excluding hydrogens is 511 g/mol. The molecule has 3 N–H and O–H groups in total. The van der Waals surface area contributed by atoms with Crippen LogP contribution < -0.4 is 15.4 Å². The number of nitrogens with one attached hydrogen (secondary N) is 2. The van der Waals surface area contributed by atoms with Crippen LogP contribution in [0.3, 0.4) is 0 Å². The highest BCUT2D eigenvalue weighted by Gasteiger charge is 2.30. The molecule has 0 saturated heterocycles. The molecule has 37 heavy (non-hydrogen) atoms. The molecule has 1 heterocycles. The maximum Gasteiger partial charge on any atom is 0.416 e. The van der Waals surface area contributed by atoms with Gasteiger partial charge >= 0.3 is 6.18 Å². The minimum Gasteiger partial charge on any atom is -0.497 e. The molecule has 3 aromatic rings. The average Bonchev–Trinajstić information content (AvgIpc) is 3.28. The molecule has 2 aromatic carbocycles. The zero-order chi connectivity index (χ0) is 27.0. The van der Waals surface area contributed by atoms with Crippen molar-refractivity contribution >= 4 is 29.3 Å². The molecular formula is C24H24F3N5O4S. The standard InChI is InChI=1S/C24H24F3N5O4S/c1-3-11-32-21(19(13-33)29-22(35)15-7-9-18(36-2)10-8-15)30-31-23(32)37-14-20(34)28-17-6-4-5-16(12-17)24(25,26)27/h3-10,12,19,33H,1,11,13-14H2,2H3,(H,28,34)(H,29,35). The molecule has 0 saturated carbocycles. The van der Waals surface area contributed by atoms with Gasteiger partial charge in [0.1, 0.15) is 11.8 Å². The number of nitrogens with zero attached hydrogens (tertiary/aromatic N) is 3. The van der Waals surface area contributed by atoms with Crippen LogP contribution in [0.5, 0.6) is 5.75 Å². The lowest BCUT2D eigenvalue weighted by Gasteiger charge is -2.17. The van der Waals surface area contributed by atoms with Gasteiger partial charge in [-0.05, 0) is 42.5 Å². The normalized spacial score (nSPS) is 12.0. The topological polar surface area (TPSA) is 118 Å². The number of carbonyl (C=O) groups is 2. The van der Waals surface area contributed by atoms with E-state index in [1.807, 2.05) is 0 Å². The Morgan fingerprint density at radius 1 is 1.22 bits per heavy atom. The van der Waals surface area contributed by atoms with Crippen molar-refractivity contribution in [1.29, 1.82) is 0 Å². The molecule has 0 aliphatic rings. The van der Waals surface area contributed by atoms with E-state index in [-0.39, 0.29) is 23.8 Å². The molecule has 9 nitrogen and oxygen atoms in total. The minimum absolute atomic E-state index is 0.00950. The second-order valence-corrected chi connectivity index (χ2v) is 8.54. The molecule has 3 rings (SSSR count). The van der Waals surface area contributed by atoms with E-state index in [9.17, 15) is 27.9 Å². The Bertz CT molecular complexity index is 1250. The van der Waals surface area contributed by atoms with Gasteiger partial charge in [-0.3, -0.25) is 9.59 Å². The molecule has 0 fully saturated rings. The molecule has 1 atom stereocenters. The van der Waals surface area contributed by atoms with Gasteiger partial charge < -0.3 is 25.0 Å². The molecule has 13 heteroatoms. The SMILES string of the molecule is C=CCn1c(SCC(=O)Nc2cccc(C(F)(F)F)c2)nnc1C(CO)NC(=O)c1ccc(OC)cc1. The van der Waals surface area contributed by atoms with Gasteiger partial charge in [0.15, 0.2) is 11.0 Å². The number of rotatable bonds is 11.